The van der Waals surface area contributed by atoms with E-state index in [1.54, 1.807) is 13.2 Å². The van der Waals surface area contributed by atoms with Crippen LogP contribution in [0, 0.1) is 0 Å². The van der Waals surface area contributed by atoms with E-state index in [0.717, 1.165) is 49.0 Å². The van der Waals surface area contributed by atoms with Gasteiger partial charge in [0.1, 0.15) is 6.61 Å². The third-order valence-electron chi connectivity index (χ3n) is 6.65. The Bertz CT molecular complexity index is 998. The van der Waals surface area contributed by atoms with E-state index in [0.29, 0.717) is 18.3 Å². The second-order valence-corrected chi connectivity index (χ2v) is 9.23. The van der Waals surface area contributed by atoms with Crippen LogP contribution in [0.5, 0.6) is 0 Å². The summed E-state index contributed by atoms with van der Waals surface area (Å²) in [5, 5.41) is 12.2. The van der Waals surface area contributed by atoms with Gasteiger partial charge in [-0.25, -0.2) is 4.79 Å². The van der Waals surface area contributed by atoms with Crippen molar-refractivity contribution >= 4 is 11.8 Å². The molecule has 2 N–H and O–H groups in total. The molecule has 0 unspecified atom stereocenters. The molecule has 4 atom stereocenters. The second kappa shape index (κ2) is 13.0. The van der Waals surface area contributed by atoms with Gasteiger partial charge in [0.2, 0.25) is 0 Å². The zero-order valence-electron chi connectivity index (χ0n) is 20.8. The Morgan fingerprint density at radius 1 is 1.22 bits per heavy atom. The number of aliphatic hydroxyl groups is 1. The fraction of sp³-hybridized carbons (Fsp3) is 0.464. The minimum atomic E-state index is -0.597. The van der Waals surface area contributed by atoms with Crippen molar-refractivity contribution in [2.45, 2.75) is 50.4 Å². The van der Waals surface area contributed by atoms with E-state index in [4.69, 9.17) is 18.9 Å². The summed E-state index contributed by atoms with van der Waals surface area (Å²) in [6, 6.07) is 15.7. The molecule has 8 nitrogen and oxygen atoms in total. The number of carbonyl (C=O) groups excluding carboxylic acids is 1. The first kappa shape index (κ1) is 26.3. The molecule has 2 aliphatic rings. The van der Waals surface area contributed by atoms with Gasteiger partial charge in [-0.2, -0.15) is 0 Å². The smallest absolute Gasteiger partial charge is 0.411 e. The van der Waals surface area contributed by atoms with E-state index in [1.165, 1.54) is 6.08 Å². The van der Waals surface area contributed by atoms with Crippen molar-refractivity contribution in [2.75, 3.05) is 38.7 Å². The van der Waals surface area contributed by atoms with Gasteiger partial charge in [-0.1, -0.05) is 49.1 Å². The Kier molecular flexibility index (Phi) is 9.49. The number of hydrogen-bond donors (Lipinski definition) is 2. The van der Waals surface area contributed by atoms with Crippen LogP contribution >= 0.6 is 0 Å². The number of aliphatic hydroxyl groups excluding tert-OH is 1. The predicted octanol–water partition coefficient (Wildman–Crippen LogP) is 4.57. The number of ether oxygens (including phenoxy) is 4. The van der Waals surface area contributed by atoms with Crippen molar-refractivity contribution in [1.29, 1.82) is 0 Å². The van der Waals surface area contributed by atoms with Gasteiger partial charge in [0.15, 0.2) is 6.29 Å². The average molecular weight is 497 g/mol. The standard InChI is InChI=1S/C28H36N2O6/c1-3-14-34-28(32)29-23-7-4-6-22(15-23)27-35-25(17-30-13-5-8-24(30)19-33-2)16-26(36-27)21-11-9-20(18-31)10-12-21/h3-4,6-7,9-12,15,24-27,31H,1,5,8,13-14,16-19H2,2H3,(H,29,32)/t24-,25-,26+,27+/m0/s1. The summed E-state index contributed by atoms with van der Waals surface area (Å²) in [7, 11) is 1.75. The van der Waals surface area contributed by atoms with Crippen molar-refractivity contribution in [2.24, 2.45) is 0 Å². The maximum atomic E-state index is 12.0. The summed E-state index contributed by atoms with van der Waals surface area (Å²) in [4.78, 5) is 14.5. The van der Waals surface area contributed by atoms with E-state index in [9.17, 15) is 9.90 Å². The second-order valence-electron chi connectivity index (χ2n) is 9.23. The first-order valence-corrected chi connectivity index (χ1v) is 12.5. The number of nitrogens with one attached hydrogen (secondary N) is 1. The Labute approximate surface area is 212 Å². The number of amides is 1. The van der Waals surface area contributed by atoms with Gasteiger partial charge in [-0.05, 0) is 42.6 Å². The topological polar surface area (TPSA) is 89.5 Å². The number of anilines is 1. The number of carbonyl (C=O) groups is 1. The molecule has 8 heteroatoms. The number of nitrogens with zero attached hydrogens (tertiary/aromatic N) is 1. The van der Waals surface area contributed by atoms with Gasteiger partial charge in [0.05, 0.1) is 25.4 Å². The molecule has 0 spiro atoms. The van der Waals surface area contributed by atoms with Crippen LogP contribution in [0.15, 0.2) is 61.2 Å². The highest BCUT2D eigenvalue weighted by Crippen LogP contribution is 2.39. The lowest BCUT2D eigenvalue weighted by Crippen LogP contribution is -2.42. The molecule has 2 heterocycles. The Morgan fingerprint density at radius 2 is 2.06 bits per heavy atom. The van der Waals surface area contributed by atoms with Gasteiger partial charge >= 0.3 is 6.09 Å². The first-order chi connectivity index (χ1) is 17.6. The largest absolute Gasteiger partial charge is 0.445 e. The maximum absolute atomic E-state index is 12.0. The molecule has 0 aliphatic carbocycles. The normalized spacial score (nSPS) is 24.4. The van der Waals surface area contributed by atoms with Gasteiger partial charge in [0.25, 0.3) is 0 Å². The molecule has 2 aliphatic heterocycles. The van der Waals surface area contributed by atoms with Crippen LogP contribution in [0.1, 0.15) is 48.3 Å². The van der Waals surface area contributed by atoms with Crippen LogP contribution < -0.4 is 5.32 Å². The number of rotatable bonds is 10. The minimum absolute atomic E-state index is 0.00500. The highest BCUT2D eigenvalue weighted by Gasteiger charge is 2.35. The van der Waals surface area contributed by atoms with Crippen LogP contribution in [-0.2, 0) is 25.6 Å². The Hall–Kier alpha value is -2.75. The molecule has 2 aromatic carbocycles. The average Bonchev–Trinajstić information content (AvgIpc) is 3.34. The van der Waals surface area contributed by atoms with Crippen LogP contribution in [0.25, 0.3) is 0 Å². The van der Waals surface area contributed by atoms with E-state index >= 15 is 0 Å². The summed E-state index contributed by atoms with van der Waals surface area (Å²) in [6.07, 6.45) is 3.17. The fourth-order valence-electron chi connectivity index (χ4n) is 4.86. The van der Waals surface area contributed by atoms with Crippen LogP contribution in [-0.4, -0.2) is 61.7 Å². The number of benzene rings is 2. The van der Waals surface area contributed by atoms with Crippen LogP contribution in [0.2, 0.25) is 0 Å². The van der Waals surface area contributed by atoms with Gasteiger partial charge < -0.3 is 24.1 Å². The Balaban J connectivity index is 1.53. The van der Waals surface area contributed by atoms with Crippen molar-refractivity contribution in [3.63, 3.8) is 0 Å². The first-order valence-electron chi connectivity index (χ1n) is 12.5. The van der Waals surface area contributed by atoms with Crippen molar-refractivity contribution < 1.29 is 28.8 Å². The zero-order valence-corrected chi connectivity index (χ0v) is 20.8. The van der Waals surface area contributed by atoms with E-state index in [2.05, 4.69) is 16.8 Å². The number of hydrogen-bond acceptors (Lipinski definition) is 7. The molecule has 4 rings (SSSR count). The molecule has 2 fully saturated rings. The molecule has 0 saturated carbocycles. The maximum Gasteiger partial charge on any atom is 0.411 e. The molecule has 194 valence electrons. The highest BCUT2D eigenvalue weighted by atomic mass is 16.7. The van der Waals surface area contributed by atoms with Crippen LogP contribution in [0.4, 0.5) is 10.5 Å². The van der Waals surface area contributed by atoms with E-state index in [1.807, 2.05) is 42.5 Å². The minimum Gasteiger partial charge on any atom is -0.445 e. The summed E-state index contributed by atoms with van der Waals surface area (Å²) in [5.74, 6) is 0. The summed E-state index contributed by atoms with van der Waals surface area (Å²) in [6.45, 7) is 6.24. The lowest BCUT2D eigenvalue weighted by molar-refractivity contribution is -0.253. The van der Waals surface area contributed by atoms with Crippen LogP contribution in [0.3, 0.4) is 0 Å². The van der Waals surface area contributed by atoms with Crippen molar-refractivity contribution in [3.05, 3.63) is 77.9 Å². The van der Waals surface area contributed by atoms with E-state index < -0.39 is 12.4 Å². The highest BCUT2D eigenvalue weighted by molar-refractivity contribution is 5.84. The molecule has 2 saturated heterocycles. The lowest BCUT2D eigenvalue weighted by atomic mass is 9.99. The monoisotopic (exact) mass is 496 g/mol. The summed E-state index contributed by atoms with van der Waals surface area (Å²) in [5.41, 5.74) is 3.32. The summed E-state index contributed by atoms with van der Waals surface area (Å²) >= 11 is 0. The third-order valence-corrected chi connectivity index (χ3v) is 6.65. The van der Waals surface area contributed by atoms with Crippen molar-refractivity contribution in [3.8, 4) is 0 Å². The molecule has 36 heavy (non-hydrogen) atoms. The number of likely N-dealkylation sites (tertiary alicyclic amines) is 1. The Morgan fingerprint density at radius 3 is 2.81 bits per heavy atom. The lowest BCUT2D eigenvalue weighted by Gasteiger charge is -2.39. The van der Waals surface area contributed by atoms with Crippen molar-refractivity contribution in [1.82, 2.24) is 4.90 Å². The molecule has 1 amide bonds. The van der Waals surface area contributed by atoms with Gasteiger partial charge in [0, 0.05) is 37.4 Å². The number of methoxy groups -OCH3 is 1. The predicted molar refractivity (Wildman–Crippen MR) is 137 cm³/mol. The molecular formula is C28H36N2O6. The summed E-state index contributed by atoms with van der Waals surface area (Å²) < 4.78 is 23.4. The molecular weight excluding hydrogens is 460 g/mol. The molecule has 2 aromatic rings. The SMILES string of the molecule is C=CCOC(=O)Nc1cccc([C@@H]2O[C@H](CN3CCC[C@H]3COC)C[C@H](c3ccc(CO)cc3)O2)c1. The van der Waals surface area contributed by atoms with E-state index in [-0.39, 0.29) is 25.4 Å². The fourth-order valence-corrected chi connectivity index (χ4v) is 4.86. The zero-order chi connectivity index (χ0) is 25.3. The third kappa shape index (κ3) is 6.93. The van der Waals surface area contributed by atoms with Gasteiger partial charge in [-0.15, -0.1) is 0 Å². The quantitative estimate of drug-likeness (QED) is 0.466. The molecule has 0 bridgehead atoms. The molecule has 0 aromatic heterocycles. The van der Waals surface area contributed by atoms with Gasteiger partial charge in [-0.3, -0.25) is 10.2 Å². The molecule has 0 radical (unpaired) electrons.